The van der Waals surface area contributed by atoms with Crippen LogP contribution in [0.1, 0.15) is 46.4 Å². The molecule has 2 aliphatic rings. The van der Waals surface area contributed by atoms with E-state index in [0.717, 1.165) is 49.6 Å². The van der Waals surface area contributed by atoms with Crippen molar-refractivity contribution in [2.45, 2.75) is 51.0 Å². The fourth-order valence-corrected chi connectivity index (χ4v) is 4.62. The Hall–Kier alpha value is -3.43. The number of benzene rings is 1. The summed E-state index contributed by atoms with van der Waals surface area (Å²) in [6, 6.07) is 12.1. The number of hydrogen-bond acceptors (Lipinski definition) is 7. The first-order chi connectivity index (χ1) is 17.5. The van der Waals surface area contributed by atoms with Gasteiger partial charge in [0.2, 0.25) is 0 Å². The number of carbonyl (C=O) groups excluding carboxylic acids is 1. The molecule has 3 N–H and O–H groups in total. The second kappa shape index (κ2) is 11.1. The van der Waals surface area contributed by atoms with Gasteiger partial charge in [0.05, 0.1) is 11.8 Å². The summed E-state index contributed by atoms with van der Waals surface area (Å²) in [5.74, 6) is 1.38. The van der Waals surface area contributed by atoms with Gasteiger partial charge in [0, 0.05) is 57.2 Å². The number of pyridine rings is 1. The molecule has 1 aromatic carbocycles. The van der Waals surface area contributed by atoms with Gasteiger partial charge < -0.3 is 20.5 Å². The molecule has 0 spiro atoms. The number of aliphatic hydroxyl groups excluding tert-OH is 1. The minimum absolute atomic E-state index is 0.198. The molecular weight excluding hydrogens is 456 g/mol. The molecule has 3 aromatic rings. The van der Waals surface area contributed by atoms with E-state index in [2.05, 4.69) is 37.7 Å². The zero-order valence-electron chi connectivity index (χ0n) is 20.7. The highest BCUT2D eigenvalue weighted by Gasteiger charge is 2.21. The molecule has 5 rings (SSSR count). The van der Waals surface area contributed by atoms with Crippen molar-refractivity contribution in [3.8, 4) is 5.75 Å². The monoisotopic (exact) mass is 490 g/mol. The van der Waals surface area contributed by atoms with Crippen LogP contribution in [0.15, 0.2) is 48.8 Å². The molecule has 2 aromatic heterocycles. The molecule has 36 heavy (non-hydrogen) atoms. The first kappa shape index (κ1) is 24.3. The number of rotatable bonds is 10. The average Bonchev–Trinajstić information content (AvgIpc) is 3.28. The molecule has 1 aliphatic carbocycles. The van der Waals surface area contributed by atoms with Gasteiger partial charge in [-0.25, -0.2) is 4.98 Å². The van der Waals surface area contributed by atoms with Crippen molar-refractivity contribution in [3.05, 3.63) is 71.2 Å². The Kier molecular flexibility index (Phi) is 7.48. The van der Waals surface area contributed by atoms with Crippen LogP contribution < -0.4 is 15.4 Å². The van der Waals surface area contributed by atoms with Crippen LogP contribution in [0.4, 0.5) is 5.82 Å². The highest BCUT2D eigenvalue weighted by molar-refractivity contribution is 5.94. The second-order valence-corrected chi connectivity index (χ2v) is 9.72. The lowest BCUT2D eigenvalue weighted by Gasteiger charge is -2.30. The van der Waals surface area contributed by atoms with Crippen molar-refractivity contribution >= 4 is 11.7 Å². The Morgan fingerprint density at radius 2 is 2.08 bits per heavy atom. The predicted molar refractivity (Wildman–Crippen MR) is 137 cm³/mol. The van der Waals surface area contributed by atoms with Crippen molar-refractivity contribution in [3.63, 3.8) is 0 Å². The van der Waals surface area contributed by atoms with Gasteiger partial charge in [-0.05, 0) is 67.1 Å². The van der Waals surface area contributed by atoms with Crippen molar-refractivity contribution in [1.82, 2.24) is 25.0 Å². The Labute approximate surface area is 211 Å². The molecule has 0 bridgehead atoms. The summed E-state index contributed by atoms with van der Waals surface area (Å²) >= 11 is 0. The number of hydrogen-bond donors (Lipinski definition) is 3. The molecule has 1 saturated carbocycles. The van der Waals surface area contributed by atoms with Gasteiger partial charge in [-0.1, -0.05) is 6.07 Å². The lowest BCUT2D eigenvalue weighted by molar-refractivity contribution is 0.0841. The van der Waals surface area contributed by atoms with Gasteiger partial charge in [-0.15, -0.1) is 0 Å². The van der Waals surface area contributed by atoms with E-state index in [4.69, 9.17) is 4.74 Å². The molecule has 9 heteroatoms. The highest BCUT2D eigenvalue weighted by atomic mass is 16.5. The van der Waals surface area contributed by atoms with Gasteiger partial charge in [0.1, 0.15) is 18.2 Å². The fraction of sp³-hybridized carbons (Fsp3) is 0.444. The van der Waals surface area contributed by atoms with Gasteiger partial charge in [0.15, 0.2) is 0 Å². The van der Waals surface area contributed by atoms with E-state index >= 15 is 0 Å². The maximum atomic E-state index is 12.6. The van der Waals surface area contributed by atoms with E-state index in [-0.39, 0.29) is 12.5 Å². The summed E-state index contributed by atoms with van der Waals surface area (Å²) in [5, 5.41) is 21.0. The second-order valence-electron chi connectivity index (χ2n) is 9.72. The smallest absolute Gasteiger partial charge is 0.251 e. The Morgan fingerprint density at radius 3 is 2.86 bits per heavy atom. The van der Waals surface area contributed by atoms with Crippen LogP contribution in [0.2, 0.25) is 0 Å². The number of nitrogens with one attached hydrogen (secondary N) is 2. The Morgan fingerprint density at radius 1 is 1.19 bits per heavy atom. The largest absolute Gasteiger partial charge is 0.487 e. The quantitative estimate of drug-likeness (QED) is 0.401. The molecule has 3 heterocycles. The van der Waals surface area contributed by atoms with Crippen LogP contribution >= 0.6 is 0 Å². The van der Waals surface area contributed by atoms with Crippen LogP contribution in [0.5, 0.6) is 5.75 Å². The molecule has 1 atom stereocenters. The number of amides is 1. The van der Waals surface area contributed by atoms with Crippen LogP contribution in [0.3, 0.4) is 0 Å². The Bertz CT molecular complexity index is 1190. The number of aliphatic hydroxyl groups is 1. The molecule has 1 aliphatic heterocycles. The van der Waals surface area contributed by atoms with Crippen molar-refractivity contribution in [2.24, 2.45) is 7.05 Å². The minimum Gasteiger partial charge on any atom is -0.487 e. The number of nitrogens with zero attached hydrogens (tertiary/aromatic N) is 4. The molecular formula is C27H34N6O3. The molecule has 1 amide bonds. The van der Waals surface area contributed by atoms with Gasteiger partial charge >= 0.3 is 0 Å². The zero-order chi connectivity index (χ0) is 24.9. The third-order valence-electron chi connectivity index (χ3n) is 7.02. The van der Waals surface area contributed by atoms with Gasteiger partial charge in [0.25, 0.3) is 5.91 Å². The maximum Gasteiger partial charge on any atom is 0.251 e. The predicted octanol–water partition coefficient (Wildman–Crippen LogP) is 2.51. The molecule has 0 saturated heterocycles. The maximum absolute atomic E-state index is 12.6. The first-order valence-corrected chi connectivity index (χ1v) is 12.7. The zero-order valence-corrected chi connectivity index (χ0v) is 20.7. The number of fused-ring (bicyclic) bond motifs is 1. The van der Waals surface area contributed by atoms with E-state index in [0.29, 0.717) is 24.8 Å². The molecule has 190 valence electrons. The van der Waals surface area contributed by atoms with E-state index in [9.17, 15) is 9.90 Å². The third-order valence-corrected chi connectivity index (χ3v) is 7.02. The van der Waals surface area contributed by atoms with Crippen molar-refractivity contribution in [2.75, 3.05) is 25.0 Å². The summed E-state index contributed by atoms with van der Waals surface area (Å²) in [6.07, 6.45) is 7.19. The van der Waals surface area contributed by atoms with Crippen molar-refractivity contribution in [1.29, 1.82) is 0 Å². The summed E-state index contributed by atoms with van der Waals surface area (Å²) in [5.41, 5.74) is 4.09. The topological polar surface area (TPSA) is 105 Å². The van der Waals surface area contributed by atoms with E-state index in [1.807, 2.05) is 23.9 Å². The van der Waals surface area contributed by atoms with Gasteiger partial charge in [-0.2, -0.15) is 5.10 Å². The lowest BCUT2D eigenvalue weighted by atomic mass is 9.93. The van der Waals surface area contributed by atoms with Crippen LogP contribution in [0.25, 0.3) is 0 Å². The van der Waals surface area contributed by atoms with E-state index in [1.54, 1.807) is 24.5 Å². The van der Waals surface area contributed by atoms with E-state index in [1.165, 1.54) is 17.5 Å². The molecule has 9 nitrogen and oxygen atoms in total. The van der Waals surface area contributed by atoms with Gasteiger partial charge in [-0.3, -0.25) is 14.4 Å². The van der Waals surface area contributed by atoms with Crippen LogP contribution in [0, 0.1) is 0 Å². The first-order valence-electron chi connectivity index (χ1n) is 12.7. The summed E-state index contributed by atoms with van der Waals surface area (Å²) in [6.45, 7) is 2.81. The fourth-order valence-electron chi connectivity index (χ4n) is 4.62. The Balaban J connectivity index is 1.07. The number of carbonyl (C=O) groups is 1. The average molecular weight is 491 g/mol. The summed E-state index contributed by atoms with van der Waals surface area (Å²) in [7, 11) is 1.91. The SMILES string of the molecule is Cn1nccc1COc1ccc2c(c1)CCN(CC(O)CNC(=O)c1ccnc(NC3CCC3)c1)C2. The normalized spacial score (nSPS) is 16.6. The number of ether oxygens (including phenoxy) is 1. The van der Waals surface area contributed by atoms with Crippen molar-refractivity contribution < 1.29 is 14.6 Å². The third kappa shape index (κ3) is 6.03. The van der Waals surface area contributed by atoms with E-state index < -0.39 is 6.10 Å². The standard InChI is InChI=1S/C27H34N6O3/c1-32-23(8-11-30-32)18-36-25-6-5-21-16-33(12-9-19(21)13-25)17-24(34)15-29-27(35)20-7-10-28-26(14-20)31-22-3-2-4-22/h5-8,10-11,13-14,22,24,34H,2-4,9,12,15-18H2,1H3,(H,28,31)(H,29,35). The summed E-state index contributed by atoms with van der Waals surface area (Å²) < 4.78 is 7.76. The molecule has 1 unspecified atom stereocenters. The molecule has 1 fully saturated rings. The number of aromatic nitrogens is 3. The minimum atomic E-state index is -0.647. The number of β-amino-alcohol motifs (C(OH)–C–C–N with tert-alkyl or cyclic N) is 1. The van der Waals surface area contributed by atoms with Crippen LogP contribution in [-0.4, -0.2) is 62.5 Å². The highest BCUT2D eigenvalue weighted by Crippen LogP contribution is 2.25. The number of anilines is 1. The number of aryl methyl sites for hydroxylation is 1. The van der Waals surface area contributed by atoms with Crippen LogP contribution in [-0.2, 0) is 26.6 Å². The lowest BCUT2D eigenvalue weighted by Crippen LogP contribution is -2.42. The summed E-state index contributed by atoms with van der Waals surface area (Å²) in [4.78, 5) is 19.1. The molecule has 0 radical (unpaired) electrons.